The SMILES string of the molecule is CNC(c1ccc(C(C)C)cc1)C1CCCN1. The maximum absolute atomic E-state index is 3.58. The Morgan fingerprint density at radius 2 is 1.82 bits per heavy atom. The zero-order valence-electron chi connectivity index (χ0n) is 11.2. The second kappa shape index (κ2) is 5.65. The summed E-state index contributed by atoms with van der Waals surface area (Å²) < 4.78 is 0. The lowest BCUT2D eigenvalue weighted by Crippen LogP contribution is -2.36. The van der Waals surface area contributed by atoms with Gasteiger partial charge in [-0.2, -0.15) is 0 Å². The molecular formula is C15H24N2. The first-order valence-electron chi connectivity index (χ1n) is 6.73. The minimum Gasteiger partial charge on any atom is -0.312 e. The van der Waals surface area contributed by atoms with Crippen LogP contribution in [-0.2, 0) is 0 Å². The maximum Gasteiger partial charge on any atom is 0.0473 e. The molecule has 1 aliphatic heterocycles. The third kappa shape index (κ3) is 2.88. The summed E-state index contributed by atoms with van der Waals surface area (Å²) in [6, 6.07) is 10.1. The van der Waals surface area contributed by atoms with Crippen molar-refractivity contribution in [3.8, 4) is 0 Å². The summed E-state index contributed by atoms with van der Waals surface area (Å²) in [5.74, 6) is 0.613. The van der Waals surface area contributed by atoms with E-state index in [0.29, 0.717) is 18.0 Å². The molecule has 2 nitrogen and oxygen atoms in total. The molecule has 1 fully saturated rings. The summed E-state index contributed by atoms with van der Waals surface area (Å²) in [7, 11) is 2.06. The predicted octanol–water partition coefficient (Wildman–Crippen LogP) is 2.82. The fourth-order valence-corrected chi connectivity index (χ4v) is 2.68. The lowest BCUT2D eigenvalue weighted by atomic mass is 9.95. The standard InChI is InChI=1S/C15H24N2/c1-11(2)12-6-8-13(9-7-12)15(16-3)14-5-4-10-17-14/h6-9,11,14-17H,4-5,10H2,1-3H3. The Kier molecular flexibility index (Phi) is 4.19. The third-order valence-electron chi connectivity index (χ3n) is 3.77. The Bertz CT molecular complexity index is 336. The summed E-state index contributed by atoms with van der Waals surface area (Å²) in [6.45, 7) is 5.64. The highest BCUT2D eigenvalue weighted by Crippen LogP contribution is 2.24. The molecule has 0 aliphatic carbocycles. The Labute approximate surface area is 105 Å². The molecule has 0 saturated carbocycles. The molecular weight excluding hydrogens is 208 g/mol. The van der Waals surface area contributed by atoms with Crippen molar-refractivity contribution in [2.45, 2.75) is 44.7 Å². The van der Waals surface area contributed by atoms with Gasteiger partial charge in [0, 0.05) is 12.1 Å². The molecule has 2 N–H and O–H groups in total. The average molecular weight is 232 g/mol. The lowest BCUT2D eigenvalue weighted by Gasteiger charge is -2.24. The number of nitrogens with one attached hydrogen (secondary N) is 2. The smallest absolute Gasteiger partial charge is 0.0473 e. The van der Waals surface area contributed by atoms with Crippen LogP contribution in [0, 0.1) is 0 Å². The molecule has 1 saturated heterocycles. The van der Waals surface area contributed by atoms with E-state index in [-0.39, 0.29) is 0 Å². The van der Waals surface area contributed by atoms with E-state index < -0.39 is 0 Å². The lowest BCUT2D eigenvalue weighted by molar-refractivity contribution is 0.440. The fourth-order valence-electron chi connectivity index (χ4n) is 2.68. The van der Waals surface area contributed by atoms with Crippen LogP contribution in [0.5, 0.6) is 0 Å². The van der Waals surface area contributed by atoms with Crippen molar-refractivity contribution >= 4 is 0 Å². The number of hydrogen-bond acceptors (Lipinski definition) is 2. The zero-order valence-corrected chi connectivity index (χ0v) is 11.2. The van der Waals surface area contributed by atoms with Gasteiger partial charge in [0.05, 0.1) is 0 Å². The van der Waals surface area contributed by atoms with E-state index >= 15 is 0 Å². The Morgan fingerprint density at radius 1 is 1.18 bits per heavy atom. The van der Waals surface area contributed by atoms with Gasteiger partial charge in [-0.1, -0.05) is 38.1 Å². The van der Waals surface area contributed by atoms with Crippen LogP contribution in [0.15, 0.2) is 24.3 Å². The van der Waals surface area contributed by atoms with Gasteiger partial charge in [-0.05, 0) is 43.5 Å². The summed E-state index contributed by atoms with van der Waals surface area (Å²) in [4.78, 5) is 0. The van der Waals surface area contributed by atoms with E-state index in [4.69, 9.17) is 0 Å². The van der Waals surface area contributed by atoms with Gasteiger partial charge in [-0.15, -0.1) is 0 Å². The van der Waals surface area contributed by atoms with Gasteiger partial charge in [-0.25, -0.2) is 0 Å². The van der Waals surface area contributed by atoms with Gasteiger partial charge in [0.15, 0.2) is 0 Å². The van der Waals surface area contributed by atoms with Crippen LogP contribution in [0.3, 0.4) is 0 Å². The molecule has 0 aromatic heterocycles. The van der Waals surface area contributed by atoms with Crippen LogP contribution in [0.2, 0.25) is 0 Å². The number of hydrogen-bond donors (Lipinski definition) is 2. The Hall–Kier alpha value is -0.860. The molecule has 1 aromatic rings. The summed E-state index contributed by atoms with van der Waals surface area (Å²) in [5.41, 5.74) is 2.82. The highest BCUT2D eigenvalue weighted by atomic mass is 15.0. The molecule has 17 heavy (non-hydrogen) atoms. The van der Waals surface area contributed by atoms with E-state index in [1.54, 1.807) is 0 Å². The van der Waals surface area contributed by atoms with Gasteiger partial charge >= 0.3 is 0 Å². The Balaban J connectivity index is 2.13. The molecule has 0 spiro atoms. The second-order valence-electron chi connectivity index (χ2n) is 5.29. The van der Waals surface area contributed by atoms with Crippen LogP contribution in [0.25, 0.3) is 0 Å². The average Bonchev–Trinajstić information content (AvgIpc) is 2.84. The van der Waals surface area contributed by atoms with E-state index in [2.05, 4.69) is 55.8 Å². The minimum atomic E-state index is 0.443. The van der Waals surface area contributed by atoms with E-state index in [1.807, 2.05) is 0 Å². The molecule has 0 bridgehead atoms. The van der Waals surface area contributed by atoms with Crippen molar-refractivity contribution in [2.24, 2.45) is 0 Å². The number of likely N-dealkylation sites (N-methyl/N-ethyl adjacent to an activating group) is 1. The van der Waals surface area contributed by atoms with Gasteiger partial charge in [-0.3, -0.25) is 0 Å². The molecule has 2 heteroatoms. The molecule has 1 aromatic carbocycles. The van der Waals surface area contributed by atoms with Crippen LogP contribution in [-0.4, -0.2) is 19.6 Å². The summed E-state index contributed by atoms with van der Waals surface area (Å²) in [6.07, 6.45) is 2.57. The van der Waals surface area contributed by atoms with Gasteiger partial charge < -0.3 is 10.6 Å². The van der Waals surface area contributed by atoms with E-state index in [0.717, 1.165) is 6.54 Å². The van der Waals surface area contributed by atoms with Crippen molar-refractivity contribution < 1.29 is 0 Å². The maximum atomic E-state index is 3.58. The Morgan fingerprint density at radius 3 is 2.29 bits per heavy atom. The highest BCUT2D eigenvalue weighted by molar-refractivity contribution is 5.28. The molecule has 1 heterocycles. The minimum absolute atomic E-state index is 0.443. The monoisotopic (exact) mass is 232 g/mol. The third-order valence-corrected chi connectivity index (χ3v) is 3.77. The molecule has 2 atom stereocenters. The van der Waals surface area contributed by atoms with Crippen LogP contribution < -0.4 is 10.6 Å². The van der Waals surface area contributed by atoms with E-state index in [1.165, 1.54) is 24.0 Å². The zero-order chi connectivity index (χ0) is 12.3. The molecule has 94 valence electrons. The predicted molar refractivity (Wildman–Crippen MR) is 73.4 cm³/mol. The largest absolute Gasteiger partial charge is 0.312 e. The summed E-state index contributed by atoms with van der Waals surface area (Å²) >= 11 is 0. The van der Waals surface area contributed by atoms with Crippen LogP contribution >= 0.6 is 0 Å². The van der Waals surface area contributed by atoms with Gasteiger partial charge in [0.25, 0.3) is 0 Å². The first-order valence-corrected chi connectivity index (χ1v) is 6.73. The topological polar surface area (TPSA) is 24.1 Å². The highest BCUT2D eigenvalue weighted by Gasteiger charge is 2.24. The van der Waals surface area contributed by atoms with Crippen molar-refractivity contribution in [1.29, 1.82) is 0 Å². The molecule has 0 radical (unpaired) electrons. The first kappa shape index (κ1) is 12.6. The number of rotatable bonds is 4. The molecule has 2 unspecified atom stereocenters. The fraction of sp³-hybridized carbons (Fsp3) is 0.600. The second-order valence-corrected chi connectivity index (χ2v) is 5.29. The quantitative estimate of drug-likeness (QED) is 0.834. The van der Waals surface area contributed by atoms with Crippen molar-refractivity contribution in [1.82, 2.24) is 10.6 Å². The van der Waals surface area contributed by atoms with Crippen molar-refractivity contribution in [2.75, 3.05) is 13.6 Å². The molecule has 1 aliphatic rings. The van der Waals surface area contributed by atoms with Crippen LogP contribution in [0.4, 0.5) is 0 Å². The van der Waals surface area contributed by atoms with Gasteiger partial charge in [0.1, 0.15) is 0 Å². The summed E-state index contributed by atoms with van der Waals surface area (Å²) in [5, 5.41) is 7.03. The van der Waals surface area contributed by atoms with E-state index in [9.17, 15) is 0 Å². The van der Waals surface area contributed by atoms with Crippen molar-refractivity contribution in [3.63, 3.8) is 0 Å². The number of benzene rings is 1. The molecule has 0 amide bonds. The van der Waals surface area contributed by atoms with Crippen LogP contribution in [0.1, 0.15) is 49.8 Å². The van der Waals surface area contributed by atoms with Crippen molar-refractivity contribution in [3.05, 3.63) is 35.4 Å². The normalized spacial score (nSPS) is 22.0. The molecule has 2 rings (SSSR count). The first-order chi connectivity index (χ1) is 8.22. The van der Waals surface area contributed by atoms with Gasteiger partial charge in [0.2, 0.25) is 0 Å².